The van der Waals surface area contributed by atoms with Gasteiger partial charge in [0.05, 0.1) is 10.3 Å². The number of amides is 1. The number of aromatic nitrogens is 3. The average Bonchev–Trinajstić information content (AvgIpc) is 3.41. The van der Waals surface area contributed by atoms with Gasteiger partial charge in [-0.2, -0.15) is 0 Å². The maximum absolute atomic E-state index is 13.5. The molecular formula is C25H29N5O2S. The minimum Gasteiger partial charge on any atom is -0.396 e. The Balaban J connectivity index is 1.37. The number of thiophene rings is 1. The Morgan fingerprint density at radius 1 is 1.30 bits per heavy atom. The molecule has 33 heavy (non-hydrogen) atoms. The highest BCUT2D eigenvalue weighted by molar-refractivity contribution is 7.20. The highest BCUT2D eigenvalue weighted by Gasteiger charge is 2.30. The minimum absolute atomic E-state index is 0.0541. The zero-order valence-corrected chi connectivity index (χ0v) is 19.6. The number of rotatable bonds is 7. The van der Waals surface area contributed by atoms with E-state index >= 15 is 0 Å². The van der Waals surface area contributed by atoms with Crippen LogP contribution >= 0.6 is 11.3 Å². The Kier molecular flexibility index (Phi) is 6.28. The molecule has 1 atom stereocenters. The fourth-order valence-electron chi connectivity index (χ4n) is 4.91. The predicted molar refractivity (Wildman–Crippen MR) is 133 cm³/mol. The van der Waals surface area contributed by atoms with E-state index in [1.54, 1.807) is 6.33 Å². The number of likely N-dealkylation sites (tertiary alicyclic amines) is 1. The monoisotopic (exact) mass is 463 g/mol. The lowest BCUT2D eigenvalue weighted by atomic mass is 9.99. The van der Waals surface area contributed by atoms with Gasteiger partial charge in [-0.3, -0.25) is 4.79 Å². The van der Waals surface area contributed by atoms with Crippen LogP contribution in [0.4, 0.5) is 5.82 Å². The highest BCUT2D eigenvalue weighted by atomic mass is 32.1. The number of nitrogens with one attached hydrogen (secondary N) is 2. The molecule has 1 fully saturated rings. The summed E-state index contributed by atoms with van der Waals surface area (Å²) in [5.41, 5.74) is 3.34. The predicted octanol–water partition coefficient (Wildman–Crippen LogP) is 4.51. The Bertz CT molecular complexity index is 1280. The zero-order valence-electron chi connectivity index (χ0n) is 18.8. The third-order valence-corrected chi connectivity index (χ3v) is 7.82. The van der Waals surface area contributed by atoms with E-state index in [1.165, 1.54) is 22.3 Å². The van der Waals surface area contributed by atoms with Gasteiger partial charge in [-0.15, -0.1) is 11.3 Å². The molecule has 172 valence electrons. The molecule has 0 saturated carbocycles. The third-order valence-electron chi connectivity index (χ3n) is 6.63. The number of fused-ring (bicyclic) bond motifs is 2. The third kappa shape index (κ3) is 4.20. The van der Waals surface area contributed by atoms with Crippen molar-refractivity contribution >= 4 is 44.2 Å². The number of H-pyrrole nitrogens is 1. The second-order valence-electron chi connectivity index (χ2n) is 8.66. The summed E-state index contributed by atoms with van der Waals surface area (Å²) in [5.74, 6) is 0.830. The molecule has 4 heterocycles. The number of aliphatic hydroxyl groups excluding tert-OH is 1. The van der Waals surface area contributed by atoms with Gasteiger partial charge in [-0.1, -0.05) is 18.2 Å². The van der Waals surface area contributed by atoms with E-state index in [1.807, 2.05) is 17.9 Å². The summed E-state index contributed by atoms with van der Waals surface area (Å²) in [6.45, 7) is 3.58. The molecule has 4 aromatic rings. The highest BCUT2D eigenvalue weighted by Crippen LogP contribution is 2.35. The minimum atomic E-state index is 0.0541. The molecule has 0 aliphatic carbocycles. The number of carbonyl (C=O) groups is 1. The van der Waals surface area contributed by atoms with Gasteiger partial charge in [0.15, 0.2) is 0 Å². The number of hydrogen-bond acceptors (Lipinski definition) is 6. The fourth-order valence-corrected chi connectivity index (χ4v) is 6.02. The van der Waals surface area contributed by atoms with E-state index in [0.717, 1.165) is 70.8 Å². The summed E-state index contributed by atoms with van der Waals surface area (Å²) >= 11 is 1.44. The maximum atomic E-state index is 13.5. The molecule has 0 unspecified atom stereocenters. The molecule has 1 aromatic carbocycles. The molecule has 3 aromatic heterocycles. The number of piperidine rings is 1. The van der Waals surface area contributed by atoms with Crippen molar-refractivity contribution in [1.82, 2.24) is 19.9 Å². The molecule has 1 aliphatic rings. The molecular weight excluding hydrogens is 434 g/mol. The van der Waals surface area contributed by atoms with Crippen molar-refractivity contribution in [3.63, 3.8) is 0 Å². The topological polar surface area (TPSA) is 94.1 Å². The molecule has 0 spiro atoms. The first-order valence-electron chi connectivity index (χ1n) is 11.6. The van der Waals surface area contributed by atoms with E-state index in [0.29, 0.717) is 6.42 Å². The van der Waals surface area contributed by atoms with Crippen molar-refractivity contribution in [3.05, 3.63) is 52.8 Å². The van der Waals surface area contributed by atoms with Crippen LogP contribution in [0.15, 0.2) is 36.8 Å². The molecule has 5 rings (SSSR count). The van der Waals surface area contributed by atoms with Crippen molar-refractivity contribution in [3.8, 4) is 0 Å². The number of benzene rings is 1. The second-order valence-corrected chi connectivity index (χ2v) is 9.65. The van der Waals surface area contributed by atoms with Gasteiger partial charge in [0.2, 0.25) is 0 Å². The van der Waals surface area contributed by atoms with Gasteiger partial charge in [-0.25, -0.2) is 9.97 Å². The van der Waals surface area contributed by atoms with E-state index < -0.39 is 0 Å². The number of aliphatic hydroxyl groups is 1. The number of carbonyl (C=O) groups excluding carboxylic acids is 1. The van der Waals surface area contributed by atoms with Crippen LogP contribution < -0.4 is 5.32 Å². The second kappa shape index (κ2) is 9.49. The van der Waals surface area contributed by atoms with E-state index in [4.69, 9.17) is 0 Å². The fraction of sp³-hybridized carbons (Fsp3) is 0.400. The van der Waals surface area contributed by atoms with Gasteiger partial charge in [0.25, 0.3) is 5.91 Å². The normalized spacial score (nSPS) is 16.5. The summed E-state index contributed by atoms with van der Waals surface area (Å²) in [6, 6.07) is 8.42. The molecule has 0 radical (unpaired) electrons. The van der Waals surface area contributed by atoms with E-state index in [-0.39, 0.29) is 18.6 Å². The van der Waals surface area contributed by atoms with Gasteiger partial charge >= 0.3 is 0 Å². The van der Waals surface area contributed by atoms with Crippen molar-refractivity contribution in [1.29, 1.82) is 0 Å². The van der Waals surface area contributed by atoms with E-state index in [9.17, 15) is 9.90 Å². The SMILES string of the molecule is Cc1c(C(=O)N2CCCC[C@H]2CCO)sc2ncnc(NCCc3c[nH]c4ccccc34)c12. The van der Waals surface area contributed by atoms with Crippen LogP contribution in [-0.2, 0) is 6.42 Å². The van der Waals surface area contributed by atoms with Crippen LogP contribution in [0.25, 0.3) is 21.1 Å². The van der Waals surface area contributed by atoms with Crippen LogP contribution in [0.1, 0.15) is 46.5 Å². The molecule has 0 bridgehead atoms. The Labute approximate surface area is 196 Å². The van der Waals surface area contributed by atoms with Gasteiger partial charge in [-0.05, 0) is 56.2 Å². The van der Waals surface area contributed by atoms with Crippen LogP contribution in [0.3, 0.4) is 0 Å². The van der Waals surface area contributed by atoms with Crippen molar-refractivity contribution in [2.24, 2.45) is 0 Å². The number of nitrogens with zero attached hydrogens (tertiary/aromatic N) is 3. The largest absolute Gasteiger partial charge is 0.396 e. The zero-order chi connectivity index (χ0) is 22.8. The molecule has 3 N–H and O–H groups in total. The van der Waals surface area contributed by atoms with Crippen molar-refractivity contribution in [2.45, 2.75) is 45.1 Å². The molecule has 1 amide bonds. The average molecular weight is 464 g/mol. The van der Waals surface area contributed by atoms with Gasteiger partial charge < -0.3 is 20.3 Å². The van der Waals surface area contributed by atoms with Gasteiger partial charge in [0.1, 0.15) is 17.0 Å². The van der Waals surface area contributed by atoms with Gasteiger partial charge in [0, 0.05) is 42.8 Å². The molecule has 1 saturated heterocycles. The Hall–Kier alpha value is -2.97. The summed E-state index contributed by atoms with van der Waals surface area (Å²) in [5, 5.41) is 15.1. The first-order valence-corrected chi connectivity index (χ1v) is 12.4. The number of anilines is 1. The van der Waals surface area contributed by atoms with Crippen molar-refractivity contribution in [2.75, 3.05) is 25.0 Å². The first-order chi connectivity index (χ1) is 16.2. The van der Waals surface area contributed by atoms with Crippen molar-refractivity contribution < 1.29 is 9.90 Å². The van der Waals surface area contributed by atoms with Crippen LogP contribution in [0, 0.1) is 6.92 Å². The number of aryl methyl sites for hydroxylation is 1. The van der Waals surface area contributed by atoms with Crippen LogP contribution in [0.2, 0.25) is 0 Å². The lowest BCUT2D eigenvalue weighted by molar-refractivity contribution is 0.0579. The standard InChI is InChI=1S/C25H29N5O2S/c1-16-21-23(26-11-9-17-14-27-20-8-3-2-7-19(17)20)28-15-29-24(21)33-22(16)25(32)30-12-5-4-6-18(30)10-13-31/h2-3,7-8,14-15,18,27,31H,4-6,9-13H2,1H3,(H,26,28,29)/t18-/m0/s1. The van der Waals surface area contributed by atoms with E-state index in [2.05, 4.69) is 44.7 Å². The maximum Gasteiger partial charge on any atom is 0.264 e. The first kappa shape index (κ1) is 21.9. The van der Waals surface area contributed by atoms with Crippen LogP contribution in [-0.4, -0.2) is 56.6 Å². The van der Waals surface area contributed by atoms with Crippen LogP contribution in [0.5, 0.6) is 0 Å². The number of hydrogen-bond donors (Lipinski definition) is 3. The molecule has 7 nitrogen and oxygen atoms in total. The lowest BCUT2D eigenvalue weighted by Crippen LogP contribution is -2.44. The lowest BCUT2D eigenvalue weighted by Gasteiger charge is -2.35. The smallest absolute Gasteiger partial charge is 0.264 e. The molecule has 1 aliphatic heterocycles. The molecule has 8 heteroatoms. The summed E-state index contributed by atoms with van der Waals surface area (Å²) in [4.78, 5) is 29.3. The Morgan fingerprint density at radius 3 is 3.06 bits per heavy atom. The number of aromatic amines is 1. The quantitative estimate of drug-likeness (QED) is 0.375. The number of para-hydroxylation sites is 1. The Morgan fingerprint density at radius 2 is 2.18 bits per heavy atom. The summed E-state index contributed by atoms with van der Waals surface area (Å²) < 4.78 is 0. The summed E-state index contributed by atoms with van der Waals surface area (Å²) in [6.07, 6.45) is 8.20. The summed E-state index contributed by atoms with van der Waals surface area (Å²) in [7, 11) is 0.